The minimum absolute atomic E-state index is 0.0454. The topological polar surface area (TPSA) is 72.2 Å². The van der Waals surface area contributed by atoms with Gasteiger partial charge in [-0.05, 0) is 58.0 Å². The minimum Gasteiger partial charge on any atom is -0.483 e. The number of benzene rings is 1. The molecule has 7 nitrogen and oxygen atoms in total. The average molecular weight is 415 g/mol. The Balaban J connectivity index is 1.48. The van der Waals surface area contributed by atoms with Crippen molar-refractivity contribution in [2.45, 2.75) is 26.2 Å². The number of carbonyl (C=O) groups is 1. The molecule has 1 fully saturated rings. The van der Waals surface area contributed by atoms with Crippen LogP contribution >= 0.6 is 0 Å². The summed E-state index contributed by atoms with van der Waals surface area (Å²) >= 11 is 0. The maximum atomic E-state index is 12.8. The average Bonchev–Trinajstić information content (AvgIpc) is 3.09. The van der Waals surface area contributed by atoms with Crippen LogP contribution in [0, 0.1) is 12.8 Å². The lowest BCUT2D eigenvalue weighted by Crippen LogP contribution is -2.41. The Morgan fingerprint density at radius 2 is 2.07 bits per heavy atom. The van der Waals surface area contributed by atoms with Crippen molar-refractivity contribution in [1.82, 2.24) is 9.80 Å². The van der Waals surface area contributed by atoms with Crippen LogP contribution < -0.4 is 10.4 Å². The van der Waals surface area contributed by atoms with Gasteiger partial charge in [-0.2, -0.15) is 0 Å². The molecular formula is C23H30N2O5. The Bertz CT molecular complexity index is 997. The molecule has 1 aromatic heterocycles. The van der Waals surface area contributed by atoms with Gasteiger partial charge in [0.05, 0.1) is 13.2 Å². The van der Waals surface area contributed by atoms with E-state index in [4.69, 9.17) is 13.9 Å². The quantitative estimate of drug-likeness (QED) is 0.697. The second-order valence-corrected chi connectivity index (χ2v) is 8.60. The molecule has 162 valence electrons. The molecule has 0 radical (unpaired) electrons. The van der Waals surface area contributed by atoms with E-state index < -0.39 is 0 Å². The van der Waals surface area contributed by atoms with Gasteiger partial charge in [0.15, 0.2) is 6.61 Å². The van der Waals surface area contributed by atoms with Gasteiger partial charge in [-0.1, -0.05) is 0 Å². The normalized spacial score (nSPS) is 19.2. The van der Waals surface area contributed by atoms with E-state index in [0.29, 0.717) is 37.6 Å². The van der Waals surface area contributed by atoms with Crippen LogP contribution in [0.4, 0.5) is 0 Å². The van der Waals surface area contributed by atoms with E-state index in [1.807, 2.05) is 38.1 Å². The number of hydrogen-bond acceptors (Lipinski definition) is 6. The fourth-order valence-electron chi connectivity index (χ4n) is 4.58. The Labute approximate surface area is 176 Å². The lowest BCUT2D eigenvalue weighted by atomic mass is 10.0. The van der Waals surface area contributed by atoms with Crippen molar-refractivity contribution in [3.05, 3.63) is 39.2 Å². The highest BCUT2D eigenvalue weighted by Crippen LogP contribution is 2.33. The predicted octanol–water partition coefficient (Wildman–Crippen LogP) is 2.01. The Morgan fingerprint density at radius 1 is 1.27 bits per heavy atom. The number of amides is 1. The first-order chi connectivity index (χ1) is 14.4. The van der Waals surface area contributed by atoms with Gasteiger partial charge in [0.25, 0.3) is 5.91 Å². The minimum atomic E-state index is -0.247. The molecule has 0 N–H and O–H groups in total. The highest BCUT2D eigenvalue weighted by Gasteiger charge is 2.24. The third kappa shape index (κ3) is 4.23. The van der Waals surface area contributed by atoms with Crippen molar-refractivity contribution in [1.29, 1.82) is 0 Å². The molecule has 1 aliphatic heterocycles. The van der Waals surface area contributed by atoms with Gasteiger partial charge in [-0.25, -0.2) is 4.79 Å². The number of carbonyl (C=O) groups excluding carboxylic acids is 1. The van der Waals surface area contributed by atoms with Crippen molar-refractivity contribution in [3.8, 4) is 5.75 Å². The van der Waals surface area contributed by atoms with E-state index >= 15 is 0 Å². The van der Waals surface area contributed by atoms with Gasteiger partial charge in [-0.15, -0.1) is 0 Å². The third-order valence-corrected chi connectivity index (χ3v) is 6.01. The van der Waals surface area contributed by atoms with E-state index in [9.17, 15) is 9.59 Å². The SMILES string of the molecule is Cc1c(OCC(=O)N2CCOCC(CN(C)C)C2)ccc2c3c(c(=O)oc12)CCC3. The number of rotatable bonds is 5. The fraction of sp³-hybridized carbons (Fsp3) is 0.565. The van der Waals surface area contributed by atoms with Crippen LogP contribution in [-0.4, -0.2) is 69.3 Å². The van der Waals surface area contributed by atoms with Crippen molar-refractivity contribution in [3.63, 3.8) is 0 Å². The molecule has 0 bridgehead atoms. The first-order valence-corrected chi connectivity index (χ1v) is 10.6. The largest absolute Gasteiger partial charge is 0.483 e. The maximum absolute atomic E-state index is 12.8. The van der Waals surface area contributed by atoms with Crippen LogP contribution in [0.2, 0.25) is 0 Å². The molecule has 2 aromatic rings. The zero-order valence-electron chi connectivity index (χ0n) is 18.0. The summed E-state index contributed by atoms with van der Waals surface area (Å²) < 4.78 is 17.1. The summed E-state index contributed by atoms with van der Waals surface area (Å²) in [4.78, 5) is 29.1. The first kappa shape index (κ1) is 20.9. The molecule has 0 saturated carbocycles. The molecule has 1 atom stereocenters. The molecule has 1 amide bonds. The zero-order chi connectivity index (χ0) is 21.3. The van der Waals surface area contributed by atoms with E-state index in [1.165, 1.54) is 0 Å². The van der Waals surface area contributed by atoms with Gasteiger partial charge in [0.2, 0.25) is 0 Å². The summed E-state index contributed by atoms with van der Waals surface area (Å²) in [6.07, 6.45) is 2.67. The second-order valence-electron chi connectivity index (χ2n) is 8.60. The van der Waals surface area contributed by atoms with E-state index in [1.54, 1.807) is 0 Å². The van der Waals surface area contributed by atoms with Gasteiger partial charge in [0.1, 0.15) is 11.3 Å². The molecule has 1 saturated heterocycles. The van der Waals surface area contributed by atoms with Gasteiger partial charge >= 0.3 is 5.63 Å². The van der Waals surface area contributed by atoms with Gasteiger partial charge in [0, 0.05) is 42.1 Å². The zero-order valence-corrected chi connectivity index (χ0v) is 18.0. The predicted molar refractivity (Wildman–Crippen MR) is 114 cm³/mol. The van der Waals surface area contributed by atoms with Crippen LogP contribution in [0.15, 0.2) is 21.3 Å². The van der Waals surface area contributed by atoms with E-state index in [2.05, 4.69) is 4.90 Å². The number of fused-ring (bicyclic) bond motifs is 3. The summed E-state index contributed by atoms with van der Waals surface area (Å²) in [5.41, 5.74) is 2.99. The van der Waals surface area contributed by atoms with Crippen molar-refractivity contribution in [2.24, 2.45) is 5.92 Å². The number of hydrogen-bond donors (Lipinski definition) is 0. The van der Waals surface area contributed by atoms with E-state index in [0.717, 1.165) is 47.9 Å². The number of aryl methyl sites for hydroxylation is 2. The van der Waals surface area contributed by atoms with Crippen LogP contribution in [0.5, 0.6) is 5.75 Å². The van der Waals surface area contributed by atoms with Crippen molar-refractivity contribution >= 4 is 16.9 Å². The monoisotopic (exact) mass is 414 g/mol. The maximum Gasteiger partial charge on any atom is 0.339 e. The summed E-state index contributed by atoms with van der Waals surface area (Å²) in [7, 11) is 4.05. The van der Waals surface area contributed by atoms with Crippen LogP contribution in [0.1, 0.15) is 23.1 Å². The number of nitrogens with zero attached hydrogens (tertiary/aromatic N) is 2. The Morgan fingerprint density at radius 3 is 2.87 bits per heavy atom. The standard InChI is InChI=1S/C23H30N2O5/c1-15-20(8-7-18-17-5-4-6-19(17)23(27)30-22(15)18)29-14-21(26)25-9-10-28-13-16(12-25)11-24(2)3/h7-8,16H,4-6,9-14H2,1-3H3. The third-order valence-electron chi connectivity index (χ3n) is 6.01. The molecule has 7 heteroatoms. The lowest BCUT2D eigenvalue weighted by Gasteiger charge is -2.25. The van der Waals surface area contributed by atoms with E-state index in [-0.39, 0.29) is 24.1 Å². The van der Waals surface area contributed by atoms with Crippen LogP contribution in [0.25, 0.3) is 11.0 Å². The molecule has 0 spiro atoms. The molecule has 4 rings (SSSR count). The van der Waals surface area contributed by atoms with Crippen LogP contribution in [0.3, 0.4) is 0 Å². The molecule has 2 heterocycles. The first-order valence-electron chi connectivity index (χ1n) is 10.6. The van der Waals surface area contributed by atoms with Crippen LogP contribution in [-0.2, 0) is 22.4 Å². The Hall–Kier alpha value is -2.38. The van der Waals surface area contributed by atoms with Gasteiger partial charge in [-0.3, -0.25) is 4.79 Å². The molecule has 2 aliphatic rings. The summed E-state index contributed by atoms with van der Waals surface area (Å²) in [6.45, 7) is 5.14. The molecular weight excluding hydrogens is 384 g/mol. The highest BCUT2D eigenvalue weighted by atomic mass is 16.5. The Kier molecular flexibility index (Phi) is 6.11. The molecule has 1 aliphatic carbocycles. The van der Waals surface area contributed by atoms with Crippen molar-refractivity contribution < 1.29 is 18.7 Å². The molecule has 30 heavy (non-hydrogen) atoms. The number of ether oxygens (including phenoxy) is 2. The highest BCUT2D eigenvalue weighted by molar-refractivity contribution is 5.86. The summed E-state index contributed by atoms with van der Waals surface area (Å²) in [5.74, 6) is 0.803. The molecule has 1 unspecified atom stereocenters. The summed E-state index contributed by atoms with van der Waals surface area (Å²) in [6, 6.07) is 3.83. The second kappa shape index (κ2) is 8.78. The molecule has 1 aromatic carbocycles. The smallest absolute Gasteiger partial charge is 0.339 e. The fourth-order valence-corrected chi connectivity index (χ4v) is 4.58. The lowest BCUT2D eigenvalue weighted by molar-refractivity contribution is -0.133. The summed E-state index contributed by atoms with van der Waals surface area (Å²) in [5, 5.41) is 0.981. The van der Waals surface area contributed by atoms with Gasteiger partial charge < -0.3 is 23.7 Å². The van der Waals surface area contributed by atoms with Crippen molar-refractivity contribution in [2.75, 3.05) is 53.6 Å².